The summed E-state index contributed by atoms with van der Waals surface area (Å²) in [6.45, 7) is 5.30. The molecule has 0 fully saturated rings. The van der Waals surface area contributed by atoms with Gasteiger partial charge in [-0.2, -0.15) is 0 Å². The van der Waals surface area contributed by atoms with Gasteiger partial charge in [0.05, 0.1) is 4.92 Å². The number of rotatable bonds is 9. The molecule has 2 rings (SSSR count). The lowest BCUT2D eigenvalue weighted by Crippen LogP contribution is -2.02. The smallest absolute Gasteiger partial charge is 0.269 e. The molecule has 132 valence electrons. The van der Waals surface area contributed by atoms with Gasteiger partial charge in [0.15, 0.2) is 0 Å². The first-order valence-electron chi connectivity index (χ1n) is 8.93. The molecule has 2 aromatic rings. The third kappa shape index (κ3) is 5.75. The van der Waals surface area contributed by atoms with Gasteiger partial charge in [0.1, 0.15) is 0 Å². The number of nitro groups is 1. The SMILES string of the molecule is CCCCc1ccc(C=Cc2ccc([N+](=O)[O-])cc2)c(NCCC)c1. The molecule has 0 bridgehead atoms. The van der Waals surface area contributed by atoms with Gasteiger partial charge in [-0.15, -0.1) is 0 Å². The van der Waals surface area contributed by atoms with Crippen LogP contribution in [-0.4, -0.2) is 11.5 Å². The van der Waals surface area contributed by atoms with E-state index in [1.165, 1.54) is 30.5 Å². The number of unbranched alkanes of at least 4 members (excludes halogenated alkanes) is 1. The molecule has 4 nitrogen and oxygen atoms in total. The molecule has 0 saturated carbocycles. The number of benzene rings is 2. The third-order valence-corrected chi connectivity index (χ3v) is 4.06. The second kappa shape index (κ2) is 9.62. The Morgan fingerprint density at radius 1 is 1.04 bits per heavy atom. The summed E-state index contributed by atoms with van der Waals surface area (Å²) in [5.74, 6) is 0. The lowest BCUT2D eigenvalue weighted by Gasteiger charge is -2.11. The highest BCUT2D eigenvalue weighted by Gasteiger charge is 2.04. The van der Waals surface area contributed by atoms with Crippen LogP contribution in [0.2, 0.25) is 0 Å². The molecule has 25 heavy (non-hydrogen) atoms. The Morgan fingerprint density at radius 2 is 1.80 bits per heavy atom. The van der Waals surface area contributed by atoms with Crippen molar-refractivity contribution in [1.29, 1.82) is 0 Å². The zero-order chi connectivity index (χ0) is 18.1. The van der Waals surface area contributed by atoms with Crippen molar-refractivity contribution in [2.75, 3.05) is 11.9 Å². The van der Waals surface area contributed by atoms with Crippen LogP contribution >= 0.6 is 0 Å². The molecule has 0 unspecified atom stereocenters. The Labute approximate surface area is 149 Å². The van der Waals surface area contributed by atoms with E-state index in [4.69, 9.17) is 0 Å². The Hall–Kier alpha value is -2.62. The molecule has 0 aliphatic rings. The van der Waals surface area contributed by atoms with E-state index in [1.54, 1.807) is 12.1 Å². The predicted octanol–water partition coefficient (Wildman–Crippen LogP) is 5.93. The van der Waals surface area contributed by atoms with Crippen LogP contribution in [0.25, 0.3) is 12.2 Å². The molecule has 0 amide bonds. The first-order valence-corrected chi connectivity index (χ1v) is 8.93. The zero-order valence-electron chi connectivity index (χ0n) is 15.0. The van der Waals surface area contributed by atoms with E-state index in [0.717, 1.165) is 36.2 Å². The Bertz CT molecular complexity index is 721. The summed E-state index contributed by atoms with van der Waals surface area (Å²) < 4.78 is 0. The molecule has 0 aromatic heterocycles. The molecule has 1 N–H and O–H groups in total. The minimum Gasteiger partial charge on any atom is -0.385 e. The number of nitrogens with zero attached hydrogens (tertiary/aromatic N) is 1. The fourth-order valence-corrected chi connectivity index (χ4v) is 2.59. The summed E-state index contributed by atoms with van der Waals surface area (Å²) >= 11 is 0. The summed E-state index contributed by atoms with van der Waals surface area (Å²) in [6, 6.07) is 13.2. The van der Waals surface area contributed by atoms with Gasteiger partial charge >= 0.3 is 0 Å². The topological polar surface area (TPSA) is 55.2 Å². The van der Waals surface area contributed by atoms with Crippen molar-refractivity contribution in [2.45, 2.75) is 39.5 Å². The molecule has 0 aliphatic heterocycles. The van der Waals surface area contributed by atoms with Gasteiger partial charge in [-0.05, 0) is 54.2 Å². The van der Waals surface area contributed by atoms with Crippen LogP contribution in [0.1, 0.15) is 49.8 Å². The van der Waals surface area contributed by atoms with Crippen molar-refractivity contribution in [3.05, 3.63) is 69.3 Å². The quantitative estimate of drug-likeness (QED) is 0.350. The molecule has 0 aliphatic carbocycles. The van der Waals surface area contributed by atoms with Gasteiger partial charge < -0.3 is 5.32 Å². The van der Waals surface area contributed by atoms with E-state index >= 15 is 0 Å². The number of hydrogen-bond donors (Lipinski definition) is 1. The summed E-state index contributed by atoms with van der Waals surface area (Å²) in [4.78, 5) is 10.3. The summed E-state index contributed by atoms with van der Waals surface area (Å²) in [7, 11) is 0. The van der Waals surface area contributed by atoms with Crippen LogP contribution in [0.15, 0.2) is 42.5 Å². The average molecular weight is 338 g/mol. The number of non-ortho nitro benzene ring substituents is 1. The van der Waals surface area contributed by atoms with E-state index in [1.807, 2.05) is 6.08 Å². The van der Waals surface area contributed by atoms with Crippen molar-refractivity contribution >= 4 is 23.5 Å². The van der Waals surface area contributed by atoms with E-state index in [0.29, 0.717) is 0 Å². The Kier molecular flexibility index (Phi) is 7.20. The molecule has 0 spiro atoms. The van der Waals surface area contributed by atoms with Gasteiger partial charge in [0.25, 0.3) is 5.69 Å². The lowest BCUT2D eigenvalue weighted by molar-refractivity contribution is -0.384. The van der Waals surface area contributed by atoms with E-state index in [9.17, 15) is 10.1 Å². The van der Waals surface area contributed by atoms with Crippen LogP contribution in [0, 0.1) is 10.1 Å². The highest BCUT2D eigenvalue weighted by atomic mass is 16.6. The second-order valence-corrected chi connectivity index (χ2v) is 6.13. The van der Waals surface area contributed by atoms with Crippen LogP contribution < -0.4 is 5.32 Å². The highest BCUT2D eigenvalue weighted by molar-refractivity contribution is 5.77. The Balaban J connectivity index is 2.19. The van der Waals surface area contributed by atoms with E-state index in [2.05, 4.69) is 43.4 Å². The molecule has 4 heteroatoms. The molecule has 0 atom stereocenters. The fourth-order valence-electron chi connectivity index (χ4n) is 2.59. The number of nitrogens with one attached hydrogen (secondary N) is 1. The largest absolute Gasteiger partial charge is 0.385 e. The predicted molar refractivity (Wildman–Crippen MR) is 106 cm³/mol. The fraction of sp³-hybridized carbons (Fsp3) is 0.333. The normalized spacial score (nSPS) is 11.0. The number of aryl methyl sites for hydroxylation is 1. The van der Waals surface area contributed by atoms with Gasteiger partial charge in [-0.25, -0.2) is 0 Å². The maximum atomic E-state index is 10.7. The van der Waals surface area contributed by atoms with E-state index in [-0.39, 0.29) is 10.6 Å². The second-order valence-electron chi connectivity index (χ2n) is 6.13. The first kappa shape index (κ1) is 18.7. The zero-order valence-corrected chi connectivity index (χ0v) is 15.0. The van der Waals surface area contributed by atoms with Gasteiger partial charge in [-0.3, -0.25) is 10.1 Å². The van der Waals surface area contributed by atoms with Crippen LogP contribution in [0.3, 0.4) is 0 Å². The minimum atomic E-state index is -0.380. The maximum absolute atomic E-state index is 10.7. The van der Waals surface area contributed by atoms with Gasteiger partial charge in [0.2, 0.25) is 0 Å². The van der Waals surface area contributed by atoms with E-state index < -0.39 is 0 Å². The maximum Gasteiger partial charge on any atom is 0.269 e. The molecule has 0 radical (unpaired) electrons. The molecule has 2 aromatic carbocycles. The van der Waals surface area contributed by atoms with Crippen molar-refractivity contribution in [1.82, 2.24) is 0 Å². The molecule has 0 saturated heterocycles. The van der Waals surface area contributed by atoms with Gasteiger partial charge in [-0.1, -0.05) is 44.6 Å². The average Bonchev–Trinajstić information content (AvgIpc) is 2.64. The van der Waals surface area contributed by atoms with Crippen LogP contribution in [0.5, 0.6) is 0 Å². The molecule has 0 heterocycles. The summed E-state index contributed by atoms with van der Waals surface area (Å²) in [6.07, 6.45) is 8.61. The molecular weight excluding hydrogens is 312 g/mol. The Morgan fingerprint density at radius 3 is 2.44 bits per heavy atom. The minimum absolute atomic E-state index is 0.114. The first-order chi connectivity index (χ1) is 12.1. The molecular formula is C21H26N2O2. The van der Waals surface area contributed by atoms with Crippen LogP contribution in [-0.2, 0) is 6.42 Å². The number of nitro benzene ring substituents is 1. The van der Waals surface area contributed by atoms with Crippen molar-refractivity contribution < 1.29 is 4.92 Å². The van der Waals surface area contributed by atoms with Crippen molar-refractivity contribution in [3.63, 3.8) is 0 Å². The van der Waals surface area contributed by atoms with Crippen molar-refractivity contribution in [2.24, 2.45) is 0 Å². The summed E-state index contributed by atoms with van der Waals surface area (Å²) in [5, 5.41) is 14.2. The highest BCUT2D eigenvalue weighted by Crippen LogP contribution is 2.22. The third-order valence-electron chi connectivity index (χ3n) is 4.06. The standard InChI is InChI=1S/C21H26N2O2/c1-3-5-6-18-8-12-19(21(16-18)22-15-4-2)11-7-17-9-13-20(14-10-17)23(24)25/h7-14,16,22H,3-6,15H2,1-2H3. The number of hydrogen-bond acceptors (Lipinski definition) is 3. The number of anilines is 1. The summed E-state index contributed by atoms with van der Waals surface area (Å²) in [5.41, 5.74) is 4.69. The van der Waals surface area contributed by atoms with Gasteiger partial charge in [0, 0.05) is 24.4 Å². The monoisotopic (exact) mass is 338 g/mol. The lowest BCUT2D eigenvalue weighted by atomic mass is 10.0. The van der Waals surface area contributed by atoms with Crippen LogP contribution in [0.4, 0.5) is 11.4 Å². The van der Waals surface area contributed by atoms with Crippen molar-refractivity contribution in [3.8, 4) is 0 Å².